The Hall–Kier alpha value is -1.94. The van der Waals surface area contributed by atoms with E-state index in [1.54, 1.807) is 30.5 Å². The highest BCUT2D eigenvalue weighted by atomic mass is 32.2. The molecule has 3 aromatic rings. The summed E-state index contributed by atoms with van der Waals surface area (Å²) in [6.45, 7) is -0.187. The Bertz CT molecular complexity index is 881. The van der Waals surface area contributed by atoms with Gasteiger partial charge in [0, 0.05) is 30.7 Å². The first-order valence-electron chi connectivity index (χ1n) is 6.74. The third kappa shape index (κ3) is 3.53. The first-order valence-corrected chi connectivity index (χ1v) is 9.17. The lowest BCUT2D eigenvalue weighted by atomic mass is 10.2. The Labute approximate surface area is 137 Å². The van der Waals surface area contributed by atoms with Crippen molar-refractivity contribution >= 4 is 21.4 Å². The number of aliphatic hydroxyl groups excluding tert-OH is 1. The van der Waals surface area contributed by atoms with Gasteiger partial charge in [-0.2, -0.15) is 16.4 Å². The molecule has 3 heterocycles. The maximum absolute atomic E-state index is 12.1. The van der Waals surface area contributed by atoms with Gasteiger partial charge in [-0.25, -0.2) is 13.1 Å². The Kier molecular flexibility index (Phi) is 4.35. The smallest absolute Gasteiger partial charge is 0.243 e. The molecule has 2 N–H and O–H groups in total. The van der Waals surface area contributed by atoms with Crippen LogP contribution in [0.4, 0.5) is 0 Å². The Morgan fingerprint density at radius 2 is 2.26 bits per heavy atom. The Morgan fingerprint density at radius 1 is 1.43 bits per heavy atom. The van der Waals surface area contributed by atoms with Crippen LogP contribution in [0.15, 0.2) is 50.7 Å². The first-order chi connectivity index (χ1) is 11.0. The van der Waals surface area contributed by atoms with Crippen molar-refractivity contribution in [3.8, 4) is 11.3 Å². The lowest BCUT2D eigenvalue weighted by molar-refractivity contribution is 0.155. The van der Waals surface area contributed by atoms with Crippen LogP contribution in [0.5, 0.6) is 0 Å². The average Bonchev–Trinajstić information content (AvgIpc) is 3.24. The summed E-state index contributed by atoms with van der Waals surface area (Å²) in [4.78, 5) is 0.0469. The van der Waals surface area contributed by atoms with E-state index in [1.165, 1.54) is 17.1 Å². The topological polar surface area (TPSA) is 97.4 Å². The number of nitrogens with zero attached hydrogens (tertiary/aromatic N) is 2. The van der Waals surface area contributed by atoms with Gasteiger partial charge >= 0.3 is 0 Å². The fourth-order valence-corrected chi connectivity index (χ4v) is 3.67. The van der Waals surface area contributed by atoms with Crippen molar-refractivity contribution in [1.29, 1.82) is 0 Å². The van der Waals surface area contributed by atoms with Gasteiger partial charge in [-0.1, -0.05) is 0 Å². The van der Waals surface area contributed by atoms with Crippen LogP contribution in [-0.2, 0) is 17.1 Å². The van der Waals surface area contributed by atoms with Gasteiger partial charge in [0.05, 0.1) is 6.20 Å². The molecule has 0 spiro atoms. The summed E-state index contributed by atoms with van der Waals surface area (Å²) < 4.78 is 33.4. The van der Waals surface area contributed by atoms with Gasteiger partial charge in [-0.3, -0.25) is 4.68 Å². The third-order valence-corrected chi connectivity index (χ3v) is 5.28. The second-order valence-corrected chi connectivity index (χ2v) is 7.48. The van der Waals surface area contributed by atoms with Crippen LogP contribution in [0.1, 0.15) is 11.9 Å². The number of thiophene rings is 1. The summed E-state index contributed by atoms with van der Waals surface area (Å²) in [5.41, 5.74) is 0.921. The maximum Gasteiger partial charge on any atom is 0.243 e. The van der Waals surface area contributed by atoms with Crippen molar-refractivity contribution in [1.82, 2.24) is 14.5 Å². The number of hydrogen-bond acceptors (Lipinski definition) is 6. The molecule has 0 fully saturated rings. The number of aliphatic hydroxyl groups is 1. The summed E-state index contributed by atoms with van der Waals surface area (Å²) >= 11 is 1.54. The monoisotopic (exact) mass is 353 g/mol. The molecular formula is C14H15N3O4S2. The van der Waals surface area contributed by atoms with Gasteiger partial charge in [0.15, 0.2) is 0 Å². The molecule has 1 atom stereocenters. The largest absolute Gasteiger partial charge is 0.458 e. The van der Waals surface area contributed by atoms with E-state index in [9.17, 15) is 13.5 Å². The molecule has 0 aliphatic heterocycles. The number of hydrogen-bond donors (Lipinski definition) is 2. The summed E-state index contributed by atoms with van der Waals surface area (Å²) in [5.74, 6) is 0.940. The van der Waals surface area contributed by atoms with Crippen molar-refractivity contribution < 1.29 is 17.9 Å². The molecule has 0 aliphatic carbocycles. The van der Waals surface area contributed by atoms with E-state index in [1.807, 2.05) is 16.8 Å². The molecule has 0 aromatic carbocycles. The molecule has 0 amide bonds. The van der Waals surface area contributed by atoms with E-state index in [0.29, 0.717) is 11.5 Å². The number of sulfonamides is 1. The zero-order chi connectivity index (χ0) is 16.4. The fraction of sp³-hybridized carbons (Fsp3) is 0.214. The third-order valence-electron chi connectivity index (χ3n) is 3.22. The van der Waals surface area contributed by atoms with E-state index in [0.717, 1.165) is 5.56 Å². The van der Waals surface area contributed by atoms with Gasteiger partial charge in [-0.05, 0) is 23.6 Å². The minimum Gasteiger partial charge on any atom is -0.458 e. The molecule has 0 unspecified atom stereocenters. The van der Waals surface area contributed by atoms with Crippen LogP contribution in [0.25, 0.3) is 11.3 Å². The van der Waals surface area contributed by atoms with E-state index in [-0.39, 0.29) is 11.4 Å². The van der Waals surface area contributed by atoms with E-state index >= 15 is 0 Å². The average molecular weight is 353 g/mol. The molecule has 0 aliphatic rings. The standard InChI is InChI=1S/C14H15N3O4S2/c1-17-8-11(6-15-17)23(19,20)16-7-12(18)14-3-2-13(21-14)10-4-5-22-9-10/h2-6,8-9,12,16,18H,7H2,1H3/t12-/m0/s1. The zero-order valence-corrected chi connectivity index (χ0v) is 13.8. The molecule has 122 valence electrons. The number of aryl methyl sites for hydroxylation is 1. The minimum absolute atomic E-state index is 0.0469. The van der Waals surface area contributed by atoms with Crippen LogP contribution in [-0.4, -0.2) is 29.8 Å². The SMILES string of the molecule is Cn1cc(S(=O)(=O)NC[C@H](O)c2ccc(-c3ccsc3)o2)cn1. The van der Waals surface area contributed by atoms with Crippen LogP contribution in [0.3, 0.4) is 0 Å². The van der Waals surface area contributed by atoms with Gasteiger partial charge < -0.3 is 9.52 Å². The molecule has 0 saturated heterocycles. The summed E-state index contributed by atoms with van der Waals surface area (Å²) in [6.07, 6.45) is 1.56. The van der Waals surface area contributed by atoms with Crippen LogP contribution in [0, 0.1) is 0 Å². The quantitative estimate of drug-likeness (QED) is 0.704. The minimum atomic E-state index is -3.71. The Morgan fingerprint density at radius 3 is 2.91 bits per heavy atom. The summed E-state index contributed by atoms with van der Waals surface area (Å²) in [5, 5.41) is 17.8. The highest BCUT2D eigenvalue weighted by Gasteiger charge is 2.20. The molecular weight excluding hydrogens is 338 g/mol. The second-order valence-electron chi connectivity index (χ2n) is 4.93. The van der Waals surface area contributed by atoms with Gasteiger partial charge in [0.25, 0.3) is 0 Å². The molecule has 0 bridgehead atoms. The lowest BCUT2D eigenvalue weighted by Crippen LogP contribution is -2.28. The lowest BCUT2D eigenvalue weighted by Gasteiger charge is -2.09. The van der Waals surface area contributed by atoms with E-state index in [2.05, 4.69) is 9.82 Å². The molecule has 3 rings (SSSR count). The predicted octanol–water partition coefficient (Wildman–Crippen LogP) is 1.75. The van der Waals surface area contributed by atoms with E-state index in [4.69, 9.17) is 4.42 Å². The summed E-state index contributed by atoms with van der Waals surface area (Å²) in [6, 6.07) is 5.29. The fourth-order valence-electron chi connectivity index (χ4n) is 2.00. The van der Waals surface area contributed by atoms with Crippen LogP contribution >= 0.6 is 11.3 Å². The Balaban J connectivity index is 1.67. The van der Waals surface area contributed by atoms with Crippen molar-refractivity contribution in [2.45, 2.75) is 11.0 Å². The van der Waals surface area contributed by atoms with Gasteiger partial charge in [-0.15, -0.1) is 0 Å². The van der Waals surface area contributed by atoms with E-state index < -0.39 is 16.1 Å². The number of furan rings is 1. The van der Waals surface area contributed by atoms with Gasteiger partial charge in [0.2, 0.25) is 10.0 Å². The van der Waals surface area contributed by atoms with Crippen molar-refractivity contribution in [3.63, 3.8) is 0 Å². The zero-order valence-electron chi connectivity index (χ0n) is 12.2. The summed E-state index contributed by atoms with van der Waals surface area (Å²) in [7, 11) is -2.08. The first kappa shape index (κ1) is 15.9. The molecule has 3 aromatic heterocycles. The highest BCUT2D eigenvalue weighted by Crippen LogP contribution is 2.27. The van der Waals surface area contributed by atoms with Crippen molar-refractivity contribution in [2.75, 3.05) is 6.54 Å². The molecule has 23 heavy (non-hydrogen) atoms. The molecule has 0 saturated carbocycles. The normalized spacial score (nSPS) is 13.3. The second kappa shape index (κ2) is 6.28. The maximum atomic E-state index is 12.1. The van der Waals surface area contributed by atoms with Crippen LogP contribution < -0.4 is 4.72 Å². The van der Waals surface area contributed by atoms with Gasteiger partial charge in [0.1, 0.15) is 22.5 Å². The highest BCUT2D eigenvalue weighted by molar-refractivity contribution is 7.89. The molecule has 9 heteroatoms. The van der Waals surface area contributed by atoms with Crippen LogP contribution in [0.2, 0.25) is 0 Å². The predicted molar refractivity (Wildman–Crippen MR) is 85.4 cm³/mol. The number of aromatic nitrogens is 2. The number of rotatable bonds is 6. The number of nitrogens with one attached hydrogen (secondary N) is 1. The van der Waals surface area contributed by atoms with Crippen molar-refractivity contribution in [3.05, 3.63) is 47.1 Å². The molecule has 7 nitrogen and oxygen atoms in total. The van der Waals surface area contributed by atoms with Crippen molar-refractivity contribution in [2.24, 2.45) is 7.05 Å². The molecule has 0 radical (unpaired) electrons.